The SMILES string of the molecule is CC1OCCC1SCCCCC(C)(O)CN. The first kappa shape index (κ1) is 14.3. The molecule has 4 heteroatoms. The Labute approximate surface area is 103 Å². The number of hydrogen-bond donors (Lipinski definition) is 2. The normalized spacial score (nSPS) is 29.2. The largest absolute Gasteiger partial charge is 0.389 e. The molecule has 0 saturated carbocycles. The van der Waals surface area contributed by atoms with Gasteiger partial charge in [0.25, 0.3) is 0 Å². The summed E-state index contributed by atoms with van der Waals surface area (Å²) in [5.74, 6) is 1.17. The van der Waals surface area contributed by atoms with Gasteiger partial charge in [0.1, 0.15) is 0 Å². The molecule has 1 saturated heterocycles. The summed E-state index contributed by atoms with van der Waals surface area (Å²) >= 11 is 2.01. The average Bonchev–Trinajstić information content (AvgIpc) is 2.64. The van der Waals surface area contributed by atoms with Gasteiger partial charge >= 0.3 is 0 Å². The van der Waals surface area contributed by atoms with E-state index in [1.54, 1.807) is 0 Å². The summed E-state index contributed by atoms with van der Waals surface area (Å²) < 4.78 is 5.52. The smallest absolute Gasteiger partial charge is 0.0741 e. The number of unbranched alkanes of at least 4 members (excludes halogenated alkanes) is 1. The minimum atomic E-state index is -0.672. The predicted octanol–water partition coefficient (Wildman–Crippen LogP) is 1.78. The Morgan fingerprint density at radius 2 is 2.25 bits per heavy atom. The molecule has 3 atom stereocenters. The van der Waals surface area contributed by atoms with Gasteiger partial charge in [0.2, 0.25) is 0 Å². The second-order valence-corrected chi connectivity index (χ2v) is 6.28. The molecule has 0 aromatic heterocycles. The number of aliphatic hydroxyl groups is 1. The van der Waals surface area contributed by atoms with Crippen LogP contribution in [-0.2, 0) is 4.74 Å². The van der Waals surface area contributed by atoms with Gasteiger partial charge in [-0.1, -0.05) is 0 Å². The number of nitrogens with two attached hydrogens (primary N) is 1. The van der Waals surface area contributed by atoms with Gasteiger partial charge < -0.3 is 15.6 Å². The molecule has 96 valence electrons. The highest BCUT2D eigenvalue weighted by Gasteiger charge is 2.24. The molecule has 16 heavy (non-hydrogen) atoms. The molecule has 0 aromatic carbocycles. The van der Waals surface area contributed by atoms with Crippen LogP contribution in [0.5, 0.6) is 0 Å². The molecule has 0 bridgehead atoms. The molecular formula is C12H25NO2S. The minimum Gasteiger partial charge on any atom is -0.389 e. The molecule has 1 aliphatic rings. The van der Waals surface area contributed by atoms with E-state index in [4.69, 9.17) is 10.5 Å². The maximum Gasteiger partial charge on any atom is 0.0741 e. The van der Waals surface area contributed by atoms with E-state index in [-0.39, 0.29) is 0 Å². The van der Waals surface area contributed by atoms with Crippen LogP contribution >= 0.6 is 11.8 Å². The standard InChI is InChI=1S/C12H25NO2S/c1-10-11(5-7-15-10)16-8-4-3-6-12(2,14)9-13/h10-11,14H,3-9,13H2,1-2H3. The van der Waals surface area contributed by atoms with Crippen molar-refractivity contribution in [2.24, 2.45) is 5.73 Å². The topological polar surface area (TPSA) is 55.5 Å². The highest BCUT2D eigenvalue weighted by atomic mass is 32.2. The molecule has 0 spiro atoms. The molecule has 0 radical (unpaired) electrons. The Morgan fingerprint density at radius 3 is 2.81 bits per heavy atom. The Hall–Kier alpha value is 0.230. The molecular weight excluding hydrogens is 222 g/mol. The third-order valence-corrected chi connectivity index (χ3v) is 4.76. The van der Waals surface area contributed by atoms with Crippen LogP contribution in [0.15, 0.2) is 0 Å². The molecule has 0 aromatic rings. The Morgan fingerprint density at radius 1 is 1.50 bits per heavy atom. The number of ether oxygens (including phenoxy) is 1. The monoisotopic (exact) mass is 247 g/mol. The second-order valence-electron chi connectivity index (χ2n) is 4.93. The first-order chi connectivity index (χ1) is 7.55. The van der Waals surface area contributed by atoms with Gasteiger partial charge in [0.05, 0.1) is 11.7 Å². The third kappa shape index (κ3) is 5.04. The first-order valence-corrected chi connectivity index (χ1v) is 7.26. The zero-order valence-corrected chi connectivity index (χ0v) is 11.3. The van der Waals surface area contributed by atoms with E-state index in [0.717, 1.165) is 25.9 Å². The predicted molar refractivity (Wildman–Crippen MR) is 69.8 cm³/mol. The van der Waals surface area contributed by atoms with Gasteiger partial charge in [0.15, 0.2) is 0 Å². The molecule has 1 rings (SSSR count). The maximum atomic E-state index is 9.72. The molecule has 1 fully saturated rings. The van der Waals surface area contributed by atoms with Gasteiger partial charge in [-0.2, -0.15) is 11.8 Å². The Bertz CT molecular complexity index is 199. The Balaban J connectivity index is 2.00. The summed E-state index contributed by atoms with van der Waals surface area (Å²) in [6, 6.07) is 0. The second kappa shape index (κ2) is 6.84. The fourth-order valence-electron chi connectivity index (χ4n) is 1.88. The number of rotatable bonds is 7. The van der Waals surface area contributed by atoms with Crippen molar-refractivity contribution in [2.75, 3.05) is 18.9 Å². The summed E-state index contributed by atoms with van der Waals surface area (Å²) in [6.07, 6.45) is 4.62. The summed E-state index contributed by atoms with van der Waals surface area (Å²) in [6.45, 7) is 5.24. The van der Waals surface area contributed by atoms with Crippen LogP contribution in [-0.4, -0.2) is 41.0 Å². The molecule has 3 unspecified atom stereocenters. The van der Waals surface area contributed by atoms with Gasteiger partial charge in [0, 0.05) is 18.4 Å². The highest BCUT2D eigenvalue weighted by Crippen LogP contribution is 2.27. The van der Waals surface area contributed by atoms with Crippen LogP contribution < -0.4 is 5.73 Å². The van der Waals surface area contributed by atoms with Crippen molar-refractivity contribution < 1.29 is 9.84 Å². The zero-order valence-electron chi connectivity index (χ0n) is 10.4. The van der Waals surface area contributed by atoms with E-state index in [9.17, 15) is 5.11 Å². The van der Waals surface area contributed by atoms with Gasteiger partial charge in [-0.15, -0.1) is 0 Å². The highest BCUT2D eigenvalue weighted by molar-refractivity contribution is 7.99. The summed E-state index contributed by atoms with van der Waals surface area (Å²) in [7, 11) is 0. The van der Waals surface area contributed by atoms with Gasteiger partial charge in [-0.05, 0) is 45.3 Å². The molecule has 3 nitrogen and oxygen atoms in total. The van der Waals surface area contributed by atoms with Crippen molar-refractivity contribution in [2.45, 2.75) is 56.5 Å². The lowest BCUT2D eigenvalue weighted by atomic mass is 10.00. The van der Waals surface area contributed by atoms with E-state index in [1.807, 2.05) is 18.7 Å². The van der Waals surface area contributed by atoms with Crippen molar-refractivity contribution >= 4 is 11.8 Å². The lowest BCUT2D eigenvalue weighted by Gasteiger charge is -2.20. The van der Waals surface area contributed by atoms with Gasteiger partial charge in [-0.3, -0.25) is 0 Å². The lowest BCUT2D eigenvalue weighted by molar-refractivity contribution is 0.0577. The average molecular weight is 247 g/mol. The summed E-state index contributed by atoms with van der Waals surface area (Å²) in [4.78, 5) is 0. The van der Waals surface area contributed by atoms with E-state index >= 15 is 0 Å². The van der Waals surface area contributed by atoms with Crippen LogP contribution in [0.4, 0.5) is 0 Å². The van der Waals surface area contributed by atoms with E-state index in [2.05, 4.69) is 6.92 Å². The van der Waals surface area contributed by atoms with E-state index in [1.165, 1.54) is 12.2 Å². The molecule has 0 amide bonds. The van der Waals surface area contributed by atoms with E-state index < -0.39 is 5.60 Å². The number of hydrogen-bond acceptors (Lipinski definition) is 4. The Kier molecular flexibility index (Phi) is 6.11. The minimum absolute atomic E-state index is 0.355. The molecule has 3 N–H and O–H groups in total. The lowest BCUT2D eigenvalue weighted by Crippen LogP contribution is -2.33. The van der Waals surface area contributed by atoms with Crippen molar-refractivity contribution in [1.82, 2.24) is 0 Å². The zero-order chi connectivity index (χ0) is 12.0. The van der Waals surface area contributed by atoms with E-state index in [0.29, 0.717) is 17.9 Å². The van der Waals surface area contributed by atoms with Gasteiger partial charge in [-0.25, -0.2) is 0 Å². The maximum absolute atomic E-state index is 9.72. The molecule has 1 aliphatic heterocycles. The fourth-order valence-corrected chi connectivity index (χ4v) is 3.16. The van der Waals surface area contributed by atoms with Crippen molar-refractivity contribution in [3.8, 4) is 0 Å². The summed E-state index contributed by atoms with van der Waals surface area (Å²) in [5, 5.41) is 10.4. The first-order valence-electron chi connectivity index (χ1n) is 6.21. The fraction of sp³-hybridized carbons (Fsp3) is 1.00. The van der Waals surface area contributed by atoms with Crippen LogP contribution in [0.1, 0.15) is 39.5 Å². The third-order valence-electron chi connectivity index (χ3n) is 3.19. The van der Waals surface area contributed by atoms with Crippen LogP contribution in [0, 0.1) is 0 Å². The molecule has 1 heterocycles. The van der Waals surface area contributed by atoms with Crippen molar-refractivity contribution in [1.29, 1.82) is 0 Å². The van der Waals surface area contributed by atoms with Crippen LogP contribution in [0.25, 0.3) is 0 Å². The van der Waals surface area contributed by atoms with Crippen LogP contribution in [0.2, 0.25) is 0 Å². The number of thioether (sulfide) groups is 1. The molecule has 0 aliphatic carbocycles. The van der Waals surface area contributed by atoms with Crippen molar-refractivity contribution in [3.63, 3.8) is 0 Å². The quantitative estimate of drug-likeness (QED) is 0.673. The summed E-state index contributed by atoms with van der Waals surface area (Å²) in [5.41, 5.74) is 4.79. The van der Waals surface area contributed by atoms with Crippen molar-refractivity contribution in [3.05, 3.63) is 0 Å². The van der Waals surface area contributed by atoms with Crippen LogP contribution in [0.3, 0.4) is 0 Å².